The highest BCUT2D eigenvalue weighted by Crippen LogP contribution is 2.14. The first kappa shape index (κ1) is 15.0. The number of carbonyl (C=O) groups excluding carboxylic acids is 1. The van der Waals surface area contributed by atoms with Crippen molar-refractivity contribution in [2.24, 2.45) is 0 Å². The van der Waals surface area contributed by atoms with Crippen molar-refractivity contribution in [2.45, 2.75) is 19.4 Å². The second-order valence-electron chi connectivity index (χ2n) is 4.24. The summed E-state index contributed by atoms with van der Waals surface area (Å²) in [5.74, 6) is -1.60. The number of hydrogen-bond donors (Lipinski definition) is 3. The maximum Gasteiger partial charge on any atom is 0.326 e. The molecule has 0 radical (unpaired) electrons. The van der Waals surface area contributed by atoms with Crippen molar-refractivity contribution in [3.05, 3.63) is 29.3 Å². The van der Waals surface area contributed by atoms with Gasteiger partial charge in [-0.1, -0.05) is 11.6 Å². The van der Waals surface area contributed by atoms with E-state index in [0.717, 1.165) is 5.56 Å². The average Bonchev–Trinajstić information content (AvgIpc) is 2.36. The molecule has 1 amide bonds. The number of rotatable bonds is 6. The number of ether oxygens (including phenoxy) is 1. The number of carbonyl (C=O) groups is 2. The van der Waals surface area contributed by atoms with Gasteiger partial charge in [0.05, 0.1) is 5.56 Å². The maximum atomic E-state index is 12.0. The van der Waals surface area contributed by atoms with Gasteiger partial charge in [-0.15, -0.1) is 0 Å². The van der Waals surface area contributed by atoms with Crippen LogP contribution in [0.3, 0.4) is 0 Å². The van der Waals surface area contributed by atoms with Crippen molar-refractivity contribution >= 4 is 17.6 Å². The van der Waals surface area contributed by atoms with Crippen molar-refractivity contribution < 1.29 is 19.4 Å². The minimum atomic E-state index is -1.10. The number of nitrogen functional groups attached to an aromatic ring is 1. The number of aryl methyl sites for hydroxylation is 1. The molecule has 0 heterocycles. The van der Waals surface area contributed by atoms with Crippen LogP contribution in [0.2, 0.25) is 0 Å². The number of nitrogens with two attached hydrogens (primary N) is 1. The lowest BCUT2D eigenvalue weighted by Crippen LogP contribution is -2.41. The first-order valence-electron chi connectivity index (χ1n) is 5.84. The molecular formula is C13H18N2O4. The highest BCUT2D eigenvalue weighted by molar-refractivity contribution is 6.01. The number of benzene rings is 1. The molecule has 0 aliphatic rings. The first-order valence-corrected chi connectivity index (χ1v) is 5.84. The van der Waals surface area contributed by atoms with Crippen LogP contribution in [0, 0.1) is 6.92 Å². The van der Waals surface area contributed by atoms with E-state index in [4.69, 9.17) is 15.6 Å². The number of carboxylic acids is 1. The lowest BCUT2D eigenvalue weighted by Gasteiger charge is -2.15. The third-order valence-electron chi connectivity index (χ3n) is 2.67. The molecule has 0 bridgehead atoms. The highest BCUT2D eigenvalue weighted by atomic mass is 16.5. The number of hydrogen-bond acceptors (Lipinski definition) is 4. The van der Waals surface area contributed by atoms with Gasteiger partial charge in [0.2, 0.25) is 0 Å². The molecule has 1 rings (SSSR count). The molecule has 1 unspecified atom stereocenters. The van der Waals surface area contributed by atoms with E-state index in [1.54, 1.807) is 18.2 Å². The maximum absolute atomic E-state index is 12.0. The summed E-state index contributed by atoms with van der Waals surface area (Å²) >= 11 is 0. The third kappa shape index (κ3) is 4.26. The summed E-state index contributed by atoms with van der Waals surface area (Å²) in [6, 6.07) is 4.04. The SMILES string of the molecule is COCCC(NC(=O)c1cc(C)ccc1N)C(=O)O. The van der Waals surface area contributed by atoms with Gasteiger partial charge in [-0.3, -0.25) is 4.79 Å². The summed E-state index contributed by atoms with van der Waals surface area (Å²) < 4.78 is 4.81. The predicted octanol–water partition coefficient (Wildman–Crippen LogP) is 0.797. The van der Waals surface area contributed by atoms with Crippen molar-refractivity contribution in [1.29, 1.82) is 0 Å². The minimum absolute atomic E-state index is 0.198. The summed E-state index contributed by atoms with van der Waals surface area (Å²) in [7, 11) is 1.47. The van der Waals surface area contributed by atoms with Gasteiger partial charge in [-0.25, -0.2) is 4.79 Å². The third-order valence-corrected chi connectivity index (χ3v) is 2.67. The number of carboxylic acid groups (broad SMARTS) is 1. The molecule has 0 fully saturated rings. The second-order valence-corrected chi connectivity index (χ2v) is 4.24. The van der Waals surface area contributed by atoms with E-state index in [0.29, 0.717) is 5.69 Å². The zero-order valence-corrected chi connectivity index (χ0v) is 11.0. The van der Waals surface area contributed by atoms with Crippen LogP contribution in [-0.4, -0.2) is 36.7 Å². The van der Waals surface area contributed by atoms with Crippen LogP contribution in [0.25, 0.3) is 0 Å². The molecule has 19 heavy (non-hydrogen) atoms. The zero-order chi connectivity index (χ0) is 14.4. The number of anilines is 1. The lowest BCUT2D eigenvalue weighted by molar-refractivity contribution is -0.139. The molecule has 0 saturated heterocycles. The molecule has 0 saturated carbocycles. The number of methoxy groups -OCH3 is 1. The van der Waals surface area contributed by atoms with E-state index in [1.165, 1.54) is 7.11 Å². The fraction of sp³-hybridized carbons (Fsp3) is 0.385. The van der Waals surface area contributed by atoms with Crippen LogP contribution in [0.5, 0.6) is 0 Å². The Balaban J connectivity index is 2.81. The van der Waals surface area contributed by atoms with E-state index in [-0.39, 0.29) is 18.6 Å². The Hall–Kier alpha value is -2.08. The van der Waals surface area contributed by atoms with Crippen LogP contribution < -0.4 is 11.1 Å². The molecular weight excluding hydrogens is 248 g/mol. The Morgan fingerprint density at radius 3 is 2.74 bits per heavy atom. The van der Waals surface area contributed by atoms with Crippen molar-refractivity contribution in [3.8, 4) is 0 Å². The minimum Gasteiger partial charge on any atom is -0.480 e. The van der Waals surface area contributed by atoms with Crippen molar-refractivity contribution in [3.63, 3.8) is 0 Å². The van der Waals surface area contributed by atoms with E-state index in [2.05, 4.69) is 5.32 Å². The Morgan fingerprint density at radius 1 is 1.47 bits per heavy atom. The van der Waals surface area contributed by atoms with Gasteiger partial charge in [-0.2, -0.15) is 0 Å². The molecule has 0 aliphatic heterocycles. The molecule has 0 spiro atoms. The Labute approximate surface area is 111 Å². The molecule has 1 aromatic carbocycles. The fourth-order valence-corrected chi connectivity index (χ4v) is 1.60. The number of amides is 1. The monoisotopic (exact) mass is 266 g/mol. The molecule has 6 heteroatoms. The van der Waals surface area contributed by atoms with E-state index in [1.807, 2.05) is 6.92 Å². The van der Waals surface area contributed by atoms with Gasteiger partial charge in [0.15, 0.2) is 0 Å². The lowest BCUT2D eigenvalue weighted by atomic mass is 10.1. The largest absolute Gasteiger partial charge is 0.480 e. The van der Waals surface area contributed by atoms with E-state index < -0.39 is 17.9 Å². The Bertz CT molecular complexity index is 474. The molecule has 0 aliphatic carbocycles. The first-order chi connectivity index (χ1) is 8.95. The van der Waals surface area contributed by atoms with Crippen LogP contribution in [0.1, 0.15) is 22.3 Å². The molecule has 4 N–H and O–H groups in total. The van der Waals surface area contributed by atoms with Gasteiger partial charge in [0, 0.05) is 25.8 Å². The summed E-state index contributed by atoms with van der Waals surface area (Å²) in [6.07, 6.45) is 0.198. The van der Waals surface area contributed by atoms with Crippen LogP contribution in [-0.2, 0) is 9.53 Å². The second kappa shape index (κ2) is 6.75. The molecule has 104 valence electrons. The van der Waals surface area contributed by atoms with Gasteiger partial charge in [0.1, 0.15) is 6.04 Å². The normalized spacial score (nSPS) is 11.9. The average molecular weight is 266 g/mol. The fourth-order valence-electron chi connectivity index (χ4n) is 1.60. The number of aliphatic carboxylic acids is 1. The van der Waals surface area contributed by atoms with Crippen LogP contribution in [0.15, 0.2) is 18.2 Å². The molecule has 0 aromatic heterocycles. The standard InChI is InChI=1S/C13H18N2O4/c1-8-3-4-10(14)9(7-8)12(16)15-11(13(17)18)5-6-19-2/h3-4,7,11H,5-6,14H2,1-2H3,(H,15,16)(H,17,18). The smallest absolute Gasteiger partial charge is 0.326 e. The summed E-state index contributed by atoms with van der Waals surface area (Å²) in [5.41, 5.74) is 7.19. The topological polar surface area (TPSA) is 102 Å². The quantitative estimate of drug-likeness (QED) is 0.661. The van der Waals surface area contributed by atoms with Gasteiger partial charge < -0.3 is 20.9 Å². The molecule has 1 atom stereocenters. The van der Waals surface area contributed by atoms with E-state index in [9.17, 15) is 9.59 Å². The van der Waals surface area contributed by atoms with Crippen LogP contribution in [0.4, 0.5) is 5.69 Å². The van der Waals surface area contributed by atoms with Gasteiger partial charge in [0.25, 0.3) is 5.91 Å². The summed E-state index contributed by atoms with van der Waals surface area (Å²) in [6.45, 7) is 2.08. The Kier molecular flexibility index (Phi) is 5.32. The summed E-state index contributed by atoms with van der Waals surface area (Å²) in [4.78, 5) is 23.0. The highest BCUT2D eigenvalue weighted by Gasteiger charge is 2.21. The van der Waals surface area contributed by atoms with Crippen LogP contribution >= 0.6 is 0 Å². The Morgan fingerprint density at radius 2 is 2.16 bits per heavy atom. The van der Waals surface area contributed by atoms with Gasteiger partial charge in [-0.05, 0) is 19.1 Å². The van der Waals surface area contributed by atoms with Crippen molar-refractivity contribution in [1.82, 2.24) is 5.32 Å². The number of nitrogens with one attached hydrogen (secondary N) is 1. The summed E-state index contributed by atoms with van der Waals surface area (Å²) in [5, 5.41) is 11.5. The molecule has 6 nitrogen and oxygen atoms in total. The van der Waals surface area contributed by atoms with E-state index >= 15 is 0 Å². The van der Waals surface area contributed by atoms with Gasteiger partial charge >= 0.3 is 5.97 Å². The zero-order valence-electron chi connectivity index (χ0n) is 11.0. The molecule has 1 aromatic rings. The van der Waals surface area contributed by atoms with Crippen molar-refractivity contribution in [2.75, 3.05) is 19.5 Å². The predicted molar refractivity (Wildman–Crippen MR) is 71.0 cm³/mol.